The highest BCUT2D eigenvalue weighted by atomic mass is 35.5. The van der Waals surface area contributed by atoms with E-state index in [4.69, 9.17) is 23.2 Å². The molecule has 0 atom stereocenters. The summed E-state index contributed by atoms with van der Waals surface area (Å²) in [7, 11) is 0. The van der Waals surface area contributed by atoms with E-state index >= 15 is 0 Å². The van der Waals surface area contributed by atoms with Crippen molar-refractivity contribution >= 4 is 56.9 Å². The Morgan fingerprint density at radius 2 is 1.78 bits per heavy atom. The van der Waals surface area contributed by atoms with E-state index in [0.29, 0.717) is 9.36 Å². The van der Waals surface area contributed by atoms with Crippen molar-refractivity contribution in [2.75, 3.05) is 0 Å². The Kier molecular flexibility index (Phi) is 7.02. The molecule has 0 amide bonds. The van der Waals surface area contributed by atoms with Crippen LogP contribution in [0.4, 0.5) is 0 Å². The molecule has 164 valence electrons. The number of rotatable bonds is 7. The highest BCUT2D eigenvalue weighted by Crippen LogP contribution is 2.37. The molecule has 1 N–H and O–H groups in total. The summed E-state index contributed by atoms with van der Waals surface area (Å²) in [6, 6.07) is 20.7. The van der Waals surface area contributed by atoms with Gasteiger partial charge in [-0.15, -0.1) is 11.3 Å². The average molecular weight is 482 g/mol. The van der Waals surface area contributed by atoms with Crippen LogP contribution in [-0.4, -0.2) is 10.1 Å². The zero-order valence-corrected chi connectivity index (χ0v) is 20.4. The van der Waals surface area contributed by atoms with Crippen LogP contribution in [0.5, 0.6) is 0 Å². The van der Waals surface area contributed by atoms with Gasteiger partial charge in [0, 0.05) is 0 Å². The fraction of sp³-hybridized carbons (Fsp3) is 0.222. The van der Waals surface area contributed by atoms with Gasteiger partial charge in [0.2, 0.25) is 0 Å². The summed E-state index contributed by atoms with van der Waals surface area (Å²) in [5.41, 5.74) is 5.43. The molecule has 0 saturated carbocycles. The number of thiophene rings is 1. The Bertz CT molecular complexity index is 1270. The van der Waals surface area contributed by atoms with Crippen LogP contribution < -0.4 is 0 Å². The van der Waals surface area contributed by atoms with Gasteiger partial charge in [0.05, 0.1) is 21.0 Å². The predicted molar refractivity (Wildman–Crippen MR) is 139 cm³/mol. The Hall–Kier alpha value is -2.17. The van der Waals surface area contributed by atoms with Crippen LogP contribution in [0, 0.1) is 0 Å². The van der Waals surface area contributed by atoms with Crippen molar-refractivity contribution in [1.82, 2.24) is 4.98 Å². The molecule has 0 aliphatic heterocycles. The van der Waals surface area contributed by atoms with Gasteiger partial charge in [-0.1, -0.05) is 77.8 Å². The lowest BCUT2D eigenvalue weighted by Gasteiger charge is -2.21. The van der Waals surface area contributed by atoms with Crippen LogP contribution in [0.1, 0.15) is 48.2 Å². The normalized spacial score (nSPS) is 12.2. The van der Waals surface area contributed by atoms with Gasteiger partial charge in [0.15, 0.2) is 0 Å². The molecule has 0 aliphatic rings. The maximum Gasteiger partial charge on any atom is 0.114 e. The third-order valence-electron chi connectivity index (χ3n) is 5.45. The second-order valence-corrected chi connectivity index (χ2v) is 10.5. The lowest BCUT2D eigenvalue weighted by Crippen LogP contribution is -2.18. The number of pyridine rings is 1. The summed E-state index contributed by atoms with van der Waals surface area (Å²) in [4.78, 5) is 4.63. The number of nitrogens with zero attached hydrogens (tertiary/aromatic N) is 1. The van der Waals surface area contributed by atoms with E-state index in [1.807, 2.05) is 50.3 Å². The molecule has 2 aromatic heterocycles. The molecular formula is C27H25Cl2NOS. The lowest BCUT2D eigenvalue weighted by molar-refractivity contribution is 0.0776. The highest BCUT2D eigenvalue weighted by Gasteiger charge is 2.18. The standard InChI is InChI=1S/C27H25Cl2NOS/c1-27(2,31)22-12-4-3-10-20(22)11-6-9-18-7-5-8-19(17-18)13-14-21-15-16-23-25(30-21)24(28)26(29)32-23/h3-5,7-8,10,12-17,31H,6,9,11H2,1-2H3/b14-13+. The first kappa shape index (κ1) is 23.0. The first-order chi connectivity index (χ1) is 15.3. The SMILES string of the molecule is CC(C)(O)c1ccccc1CCCc1cccc(/C=C/c2ccc3sc(Cl)c(Cl)c3n2)c1. The zero-order valence-electron chi connectivity index (χ0n) is 18.1. The van der Waals surface area contributed by atoms with Crippen molar-refractivity contribution in [2.45, 2.75) is 38.7 Å². The van der Waals surface area contributed by atoms with Crippen molar-refractivity contribution < 1.29 is 5.11 Å². The molecule has 2 nitrogen and oxygen atoms in total. The summed E-state index contributed by atoms with van der Waals surface area (Å²) >= 11 is 13.8. The third-order valence-corrected chi connectivity index (χ3v) is 7.38. The lowest BCUT2D eigenvalue weighted by atomic mass is 9.90. The summed E-state index contributed by atoms with van der Waals surface area (Å²) in [5, 5.41) is 10.9. The van der Waals surface area contributed by atoms with Crippen LogP contribution in [-0.2, 0) is 18.4 Å². The molecule has 0 aliphatic carbocycles. The number of hydrogen-bond acceptors (Lipinski definition) is 3. The Morgan fingerprint density at radius 1 is 0.969 bits per heavy atom. The van der Waals surface area contributed by atoms with Gasteiger partial charge in [-0.3, -0.25) is 0 Å². The molecule has 0 unspecified atom stereocenters. The number of fused-ring (bicyclic) bond motifs is 1. The summed E-state index contributed by atoms with van der Waals surface area (Å²) < 4.78 is 1.57. The monoisotopic (exact) mass is 481 g/mol. The topological polar surface area (TPSA) is 33.1 Å². The van der Waals surface area contributed by atoms with E-state index in [9.17, 15) is 5.11 Å². The zero-order chi connectivity index (χ0) is 22.7. The minimum atomic E-state index is -0.822. The number of aliphatic hydroxyl groups is 1. The molecular weight excluding hydrogens is 457 g/mol. The Morgan fingerprint density at radius 3 is 2.59 bits per heavy atom. The molecule has 2 aromatic carbocycles. The van der Waals surface area contributed by atoms with Crippen molar-refractivity contribution in [3.05, 3.63) is 98.0 Å². The maximum absolute atomic E-state index is 10.4. The van der Waals surface area contributed by atoms with Crippen LogP contribution >= 0.6 is 34.5 Å². The van der Waals surface area contributed by atoms with E-state index in [-0.39, 0.29) is 0 Å². The van der Waals surface area contributed by atoms with Gasteiger partial charge in [-0.25, -0.2) is 4.98 Å². The van der Waals surface area contributed by atoms with E-state index in [1.54, 1.807) is 0 Å². The average Bonchev–Trinajstić information content (AvgIpc) is 3.05. The van der Waals surface area contributed by atoms with Gasteiger partial charge >= 0.3 is 0 Å². The molecule has 4 rings (SSSR count). The van der Waals surface area contributed by atoms with Gasteiger partial charge < -0.3 is 5.11 Å². The molecule has 4 aromatic rings. The minimum Gasteiger partial charge on any atom is -0.386 e. The summed E-state index contributed by atoms with van der Waals surface area (Å²) in [5.74, 6) is 0. The summed E-state index contributed by atoms with van der Waals surface area (Å²) in [6.07, 6.45) is 7.02. The molecule has 0 radical (unpaired) electrons. The quantitative estimate of drug-likeness (QED) is 0.288. The Balaban J connectivity index is 1.43. The van der Waals surface area contributed by atoms with Gasteiger partial charge in [0.1, 0.15) is 9.85 Å². The van der Waals surface area contributed by atoms with Crippen molar-refractivity contribution in [3.8, 4) is 0 Å². The Labute approximate surface area is 203 Å². The van der Waals surface area contributed by atoms with Crippen molar-refractivity contribution in [2.24, 2.45) is 0 Å². The molecule has 0 fully saturated rings. The molecule has 0 saturated heterocycles. The van der Waals surface area contributed by atoms with Gasteiger partial charge in [-0.05, 0) is 73.6 Å². The van der Waals surface area contributed by atoms with Gasteiger partial charge in [-0.2, -0.15) is 0 Å². The summed E-state index contributed by atoms with van der Waals surface area (Å²) in [6.45, 7) is 3.68. The van der Waals surface area contributed by atoms with Crippen LogP contribution in [0.3, 0.4) is 0 Å². The smallest absolute Gasteiger partial charge is 0.114 e. The van der Waals surface area contributed by atoms with E-state index in [2.05, 4.69) is 41.4 Å². The van der Waals surface area contributed by atoms with Crippen LogP contribution in [0.2, 0.25) is 9.36 Å². The number of halogens is 2. The largest absolute Gasteiger partial charge is 0.386 e. The first-order valence-electron chi connectivity index (χ1n) is 10.6. The number of aryl methyl sites for hydroxylation is 2. The second kappa shape index (κ2) is 9.76. The van der Waals surface area contributed by atoms with E-state index in [0.717, 1.165) is 46.3 Å². The minimum absolute atomic E-state index is 0.523. The third kappa shape index (κ3) is 5.41. The predicted octanol–water partition coefficient (Wildman–Crippen LogP) is 8.18. The first-order valence-corrected chi connectivity index (χ1v) is 12.2. The van der Waals surface area contributed by atoms with Crippen LogP contribution in [0.25, 0.3) is 22.4 Å². The fourth-order valence-electron chi connectivity index (χ4n) is 3.88. The number of benzene rings is 2. The number of aromatic nitrogens is 1. The van der Waals surface area contributed by atoms with Crippen LogP contribution in [0.15, 0.2) is 60.7 Å². The maximum atomic E-state index is 10.4. The van der Waals surface area contributed by atoms with Gasteiger partial charge in [0.25, 0.3) is 0 Å². The van der Waals surface area contributed by atoms with Crippen molar-refractivity contribution in [1.29, 1.82) is 0 Å². The fourth-order valence-corrected chi connectivity index (χ4v) is 5.29. The second-order valence-electron chi connectivity index (χ2n) is 8.42. The molecule has 5 heteroatoms. The number of hydrogen-bond donors (Lipinski definition) is 1. The van der Waals surface area contributed by atoms with E-state index in [1.165, 1.54) is 22.5 Å². The highest BCUT2D eigenvalue weighted by molar-refractivity contribution is 7.23. The molecule has 0 bridgehead atoms. The van der Waals surface area contributed by atoms with E-state index < -0.39 is 5.60 Å². The molecule has 32 heavy (non-hydrogen) atoms. The van der Waals surface area contributed by atoms with Crippen molar-refractivity contribution in [3.63, 3.8) is 0 Å². The molecule has 0 spiro atoms. The molecule has 2 heterocycles.